The molecule has 1 aromatic rings. The van der Waals surface area contributed by atoms with E-state index in [1.807, 2.05) is 18.3 Å². The minimum atomic E-state index is -2.87. The van der Waals surface area contributed by atoms with E-state index in [0.29, 0.717) is 12.3 Å². The molecule has 2 saturated heterocycles. The van der Waals surface area contributed by atoms with Crippen LogP contribution in [0.1, 0.15) is 31.1 Å². The van der Waals surface area contributed by atoms with Crippen molar-refractivity contribution in [2.45, 2.75) is 38.8 Å². The van der Waals surface area contributed by atoms with Gasteiger partial charge in [0.1, 0.15) is 0 Å². The first-order valence-electron chi connectivity index (χ1n) is 9.54. The van der Waals surface area contributed by atoms with Crippen LogP contribution in [0.25, 0.3) is 0 Å². The van der Waals surface area contributed by atoms with Crippen molar-refractivity contribution in [3.8, 4) is 0 Å². The van der Waals surface area contributed by atoms with Crippen molar-refractivity contribution in [2.75, 3.05) is 37.7 Å². The third-order valence-corrected chi connectivity index (χ3v) is 7.62. The van der Waals surface area contributed by atoms with E-state index in [4.69, 9.17) is 4.99 Å². The van der Waals surface area contributed by atoms with Gasteiger partial charge in [-0.2, -0.15) is 0 Å². The number of guanidine groups is 1. The minimum absolute atomic E-state index is 0. The molecule has 154 valence electrons. The maximum atomic E-state index is 11.6. The normalized spacial score (nSPS) is 25.7. The molecule has 0 amide bonds. The molecule has 2 N–H and O–H groups in total. The van der Waals surface area contributed by atoms with Crippen molar-refractivity contribution in [2.24, 2.45) is 10.9 Å². The Morgan fingerprint density at radius 3 is 2.93 bits per heavy atom. The van der Waals surface area contributed by atoms with Gasteiger partial charge in [0.05, 0.1) is 11.5 Å². The maximum absolute atomic E-state index is 11.6. The first-order valence-corrected chi connectivity index (χ1v) is 12.2. The van der Waals surface area contributed by atoms with Gasteiger partial charge >= 0.3 is 0 Å². The lowest BCUT2D eigenvalue weighted by Gasteiger charge is -2.31. The van der Waals surface area contributed by atoms with Crippen LogP contribution in [0, 0.1) is 5.92 Å². The van der Waals surface area contributed by atoms with Crippen LogP contribution >= 0.6 is 35.3 Å². The minimum Gasteiger partial charge on any atom is -0.357 e. The van der Waals surface area contributed by atoms with Crippen molar-refractivity contribution in [3.05, 3.63) is 22.4 Å². The number of hydrogen-bond acceptors (Lipinski definition) is 5. The fraction of sp³-hybridized carbons (Fsp3) is 0.722. The molecule has 2 unspecified atom stereocenters. The van der Waals surface area contributed by atoms with Crippen molar-refractivity contribution in [3.63, 3.8) is 0 Å². The Morgan fingerprint density at radius 2 is 2.26 bits per heavy atom. The van der Waals surface area contributed by atoms with Gasteiger partial charge in [0.15, 0.2) is 15.8 Å². The Balaban J connectivity index is 0.00000261. The highest BCUT2D eigenvalue weighted by Gasteiger charge is 2.28. The van der Waals surface area contributed by atoms with E-state index in [0.717, 1.165) is 38.7 Å². The maximum Gasteiger partial charge on any atom is 0.191 e. The molecule has 27 heavy (non-hydrogen) atoms. The lowest BCUT2D eigenvalue weighted by atomic mass is 9.98. The highest BCUT2D eigenvalue weighted by atomic mass is 127. The van der Waals surface area contributed by atoms with Gasteiger partial charge in [-0.05, 0) is 50.1 Å². The summed E-state index contributed by atoms with van der Waals surface area (Å²) in [5, 5.41) is 8.70. The molecule has 3 heterocycles. The molecule has 9 heteroatoms. The number of thiophene rings is 1. The van der Waals surface area contributed by atoms with Crippen LogP contribution in [0.3, 0.4) is 0 Å². The first kappa shape index (κ1) is 22.9. The summed E-state index contributed by atoms with van der Waals surface area (Å²) >= 11 is 1.82. The zero-order valence-corrected chi connectivity index (χ0v) is 19.9. The molecule has 2 atom stereocenters. The number of nitrogens with one attached hydrogen (secondary N) is 2. The summed E-state index contributed by atoms with van der Waals surface area (Å²) in [6, 6.07) is 4.30. The molecular formula is C18H31IN4O2S2. The van der Waals surface area contributed by atoms with Gasteiger partial charge < -0.3 is 10.6 Å². The number of aliphatic imine (C=N–C) groups is 1. The summed E-state index contributed by atoms with van der Waals surface area (Å²) in [6.07, 6.45) is 3.10. The van der Waals surface area contributed by atoms with Crippen LogP contribution in [0.4, 0.5) is 0 Å². The van der Waals surface area contributed by atoms with Crippen molar-refractivity contribution < 1.29 is 8.42 Å². The molecule has 2 aliphatic heterocycles. The second kappa shape index (κ2) is 11.0. The summed E-state index contributed by atoms with van der Waals surface area (Å²) < 4.78 is 23.3. The molecular weight excluding hydrogens is 495 g/mol. The molecule has 0 spiro atoms. The lowest BCUT2D eigenvalue weighted by Crippen LogP contribution is -2.44. The average Bonchev–Trinajstić information content (AvgIpc) is 3.22. The van der Waals surface area contributed by atoms with Crippen LogP contribution in [0.5, 0.6) is 0 Å². The largest absolute Gasteiger partial charge is 0.357 e. The molecule has 3 rings (SSSR count). The SMILES string of the molecule is CCNC(=NCC1CCCN(Cc2cccs2)C1)NC1CCS(=O)(=O)C1.I. The van der Waals surface area contributed by atoms with Crippen LogP contribution in [0.15, 0.2) is 22.5 Å². The summed E-state index contributed by atoms with van der Waals surface area (Å²) in [4.78, 5) is 8.71. The van der Waals surface area contributed by atoms with Gasteiger partial charge in [-0.25, -0.2) is 8.42 Å². The zero-order valence-electron chi connectivity index (χ0n) is 15.9. The number of nitrogens with zero attached hydrogens (tertiary/aromatic N) is 2. The van der Waals surface area contributed by atoms with E-state index in [-0.39, 0.29) is 41.5 Å². The van der Waals surface area contributed by atoms with Gasteiger partial charge in [0.25, 0.3) is 0 Å². The first-order chi connectivity index (χ1) is 12.5. The molecule has 0 saturated carbocycles. The number of halogens is 1. The quantitative estimate of drug-likeness (QED) is 0.338. The van der Waals surface area contributed by atoms with Crippen LogP contribution in [0.2, 0.25) is 0 Å². The summed E-state index contributed by atoms with van der Waals surface area (Å²) in [6.45, 7) is 6.88. The van der Waals surface area contributed by atoms with Gasteiger partial charge in [0.2, 0.25) is 0 Å². The van der Waals surface area contributed by atoms with Crippen molar-refractivity contribution >= 4 is 51.1 Å². The number of rotatable bonds is 6. The van der Waals surface area contributed by atoms with E-state index in [2.05, 4.69) is 33.0 Å². The second-order valence-electron chi connectivity index (χ2n) is 7.29. The van der Waals surface area contributed by atoms with Gasteiger partial charge in [0, 0.05) is 37.1 Å². The van der Waals surface area contributed by atoms with E-state index >= 15 is 0 Å². The predicted molar refractivity (Wildman–Crippen MR) is 124 cm³/mol. The summed E-state index contributed by atoms with van der Waals surface area (Å²) in [5.74, 6) is 1.82. The lowest BCUT2D eigenvalue weighted by molar-refractivity contribution is 0.172. The molecule has 0 bridgehead atoms. The number of likely N-dealkylation sites (tertiary alicyclic amines) is 1. The number of sulfone groups is 1. The van der Waals surface area contributed by atoms with Crippen molar-refractivity contribution in [1.82, 2.24) is 15.5 Å². The van der Waals surface area contributed by atoms with Crippen LogP contribution < -0.4 is 10.6 Å². The zero-order chi connectivity index (χ0) is 18.4. The van der Waals surface area contributed by atoms with Crippen LogP contribution in [-0.2, 0) is 16.4 Å². The monoisotopic (exact) mass is 526 g/mol. The van der Waals surface area contributed by atoms with E-state index in [1.165, 1.54) is 17.7 Å². The third-order valence-electron chi connectivity index (χ3n) is 4.99. The Morgan fingerprint density at radius 1 is 1.41 bits per heavy atom. The summed E-state index contributed by atoms with van der Waals surface area (Å²) in [5.41, 5.74) is 0. The third kappa shape index (κ3) is 7.51. The average molecular weight is 527 g/mol. The van der Waals surface area contributed by atoms with Gasteiger partial charge in [-0.3, -0.25) is 9.89 Å². The molecule has 1 aromatic heterocycles. The molecule has 2 aliphatic rings. The standard InChI is InChI=1S/C18H30N4O2S2.HI/c1-2-19-18(21-16-7-10-26(23,24)14-16)20-11-15-5-3-8-22(12-15)13-17-6-4-9-25-17;/h4,6,9,15-16H,2-3,5,7-8,10-14H2,1H3,(H2,19,20,21);1H. The number of hydrogen-bond donors (Lipinski definition) is 2. The number of piperidine rings is 1. The fourth-order valence-electron chi connectivity index (χ4n) is 3.71. The second-order valence-corrected chi connectivity index (χ2v) is 10.5. The van der Waals surface area contributed by atoms with E-state index in [9.17, 15) is 8.42 Å². The van der Waals surface area contributed by atoms with Gasteiger partial charge in [-0.15, -0.1) is 35.3 Å². The molecule has 0 radical (unpaired) electrons. The van der Waals surface area contributed by atoms with Gasteiger partial charge in [-0.1, -0.05) is 6.07 Å². The Kier molecular flexibility index (Phi) is 9.30. The highest BCUT2D eigenvalue weighted by molar-refractivity contribution is 14.0. The Labute approximate surface area is 184 Å². The van der Waals surface area contributed by atoms with Crippen molar-refractivity contribution in [1.29, 1.82) is 0 Å². The Bertz CT molecular complexity index is 694. The summed E-state index contributed by atoms with van der Waals surface area (Å²) in [7, 11) is -2.87. The topological polar surface area (TPSA) is 73.8 Å². The molecule has 6 nitrogen and oxygen atoms in total. The smallest absolute Gasteiger partial charge is 0.191 e. The Hall–Kier alpha value is -0.390. The predicted octanol–water partition coefficient (Wildman–Crippen LogP) is 2.32. The fourth-order valence-corrected chi connectivity index (χ4v) is 6.13. The van der Waals surface area contributed by atoms with E-state index < -0.39 is 9.84 Å². The molecule has 2 fully saturated rings. The van der Waals surface area contributed by atoms with E-state index in [1.54, 1.807) is 0 Å². The van der Waals surface area contributed by atoms with Crippen LogP contribution in [-0.4, -0.2) is 63.0 Å². The molecule has 0 aromatic carbocycles. The highest BCUT2D eigenvalue weighted by Crippen LogP contribution is 2.20. The molecule has 0 aliphatic carbocycles.